The zero-order valence-corrected chi connectivity index (χ0v) is 21.4. The molecule has 0 aliphatic rings. The fourth-order valence-corrected chi connectivity index (χ4v) is 3.88. The summed E-state index contributed by atoms with van der Waals surface area (Å²) in [5.74, 6) is 0. The molecule has 4 aromatic rings. The molecule has 0 saturated carbocycles. The average molecular weight is 435 g/mol. The number of nitrogens with zero attached hydrogens (tertiary/aromatic N) is 2. The number of imidazole rings is 1. The molecule has 0 aliphatic heterocycles. The van der Waals surface area contributed by atoms with Crippen LogP contribution in [0.3, 0.4) is 0 Å². The summed E-state index contributed by atoms with van der Waals surface area (Å²) in [5, 5.41) is 0. The maximum atomic E-state index is 6.46. The molecule has 0 spiro atoms. The maximum Gasteiger partial charge on any atom is 1.00 e. The van der Waals surface area contributed by atoms with E-state index in [9.17, 15) is 0 Å². The van der Waals surface area contributed by atoms with Crippen molar-refractivity contribution < 1.29 is 35.7 Å². The van der Waals surface area contributed by atoms with E-state index in [4.69, 9.17) is 9.72 Å². The molecule has 1 unspecified atom stereocenters. The number of para-hydroxylation sites is 1. The number of hydrogen-bond donors (Lipinski definition) is 0. The minimum Gasteiger partial charge on any atom is -1.00 e. The molecule has 0 saturated heterocycles. The molecule has 160 valence electrons. The van der Waals surface area contributed by atoms with E-state index in [-0.39, 0.29) is 37.1 Å². The summed E-state index contributed by atoms with van der Waals surface area (Å²) >= 11 is 0. The van der Waals surface area contributed by atoms with Crippen molar-refractivity contribution in [2.75, 3.05) is 0 Å². The van der Waals surface area contributed by atoms with Crippen molar-refractivity contribution in [2.24, 2.45) is 0 Å². The summed E-state index contributed by atoms with van der Waals surface area (Å²) in [5.41, 5.74) is 5.23. The minimum absolute atomic E-state index is 0. The van der Waals surface area contributed by atoms with Gasteiger partial charge >= 0.3 is 35.6 Å². The number of unbranched alkanes of at least 4 members (excludes halogenated alkanes) is 2. The van der Waals surface area contributed by atoms with Crippen LogP contribution in [0.25, 0.3) is 28.2 Å². The molecular weight excluding hydrogens is 403 g/mol. The maximum absolute atomic E-state index is 6.46. The van der Waals surface area contributed by atoms with Gasteiger partial charge in [0.1, 0.15) is 5.69 Å². The van der Waals surface area contributed by atoms with Crippen LogP contribution >= 0.6 is 0 Å². The summed E-state index contributed by atoms with van der Waals surface area (Å²) in [6.07, 6.45) is 4.73. The van der Waals surface area contributed by atoms with Gasteiger partial charge in [-0.3, -0.25) is 4.57 Å². The van der Waals surface area contributed by atoms with Gasteiger partial charge in [0.05, 0.1) is 17.5 Å². The van der Waals surface area contributed by atoms with Crippen LogP contribution in [0.5, 0.6) is 6.01 Å². The van der Waals surface area contributed by atoms with Crippen molar-refractivity contribution >= 4 is 0 Å². The van der Waals surface area contributed by atoms with Gasteiger partial charge in [0, 0.05) is 11.1 Å². The predicted molar refractivity (Wildman–Crippen MR) is 130 cm³/mol. The van der Waals surface area contributed by atoms with E-state index in [1.807, 2.05) is 18.2 Å². The molecule has 0 radical (unpaired) electrons. The van der Waals surface area contributed by atoms with Gasteiger partial charge in [-0.1, -0.05) is 98.6 Å². The third-order valence-electron chi connectivity index (χ3n) is 5.48. The quantitative estimate of drug-likeness (QED) is 0.283. The van der Waals surface area contributed by atoms with E-state index in [1.165, 1.54) is 19.3 Å². The fraction of sp³-hybridized carbons (Fsp3) is 0.250. The average Bonchev–Trinajstić information content (AvgIpc) is 3.20. The molecule has 32 heavy (non-hydrogen) atoms. The van der Waals surface area contributed by atoms with Gasteiger partial charge in [0.25, 0.3) is 0 Å². The SMILES string of the molecule is CCCCCC(C)Oc1nc(-c2ccccc2)c(-c2ccccc2)n1-c1ccccc1.[H-].[Na+]. The van der Waals surface area contributed by atoms with Crippen molar-refractivity contribution in [3.63, 3.8) is 0 Å². The number of benzene rings is 3. The summed E-state index contributed by atoms with van der Waals surface area (Å²) in [4.78, 5) is 5.04. The molecule has 1 atom stereocenters. The van der Waals surface area contributed by atoms with E-state index in [0.29, 0.717) is 6.01 Å². The van der Waals surface area contributed by atoms with Gasteiger partial charge in [-0.2, -0.15) is 4.98 Å². The Bertz CT molecular complexity index is 1090. The molecule has 0 aliphatic carbocycles. The second kappa shape index (κ2) is 12.1. The predicted octanol–water partition coefficient (Wildman–Crippen LogP) is 4.67. The standard InChI is InChI=1S/C28H30N2O.Na.H/c1-3-4-8-15-22(2)31-28-29-26(23-16-9-5-10-17-23)27(24-18-11-6-12-19-24)30(28)25-20-13-7-14-21-25;;/h5-7,9-14,16-22H,3-4,8,15H2,1-2H3;;/q;+1;-1. The Balaban J connectivity index is 0.00000193. The first-order valence-electron chi connectivity index (χ1n) is 11.2. The Morgan fingerprint density at radius 2 is 1.38 bits per heavy atom. The zero-order valence-electron chi connectivity index (χ0n) is 20.4. The van der Waals surface area contributed by atoms with Crippen molar-refractivity contribution in [1.82, 2.24) is 9.55 Å². The van der Waals surface area contributed by atoms with Gasteiger partial charge in [-0.05, 0) is 31.9 Å². The molecule has 1 heterocycles. The minimum atomic E-state index is 0. The van der Waals surface area contributed by atoms with Crippen molar-refractivity contribution in [2.45, 2.75) is 45.6 Å². The number of hydrogen-bond acceptors (Lipinski definition) is 2. The number of rotatable bonds is 9. The Morgan fingerprint density at radius 1 is 0.812 bits per heavy atom. The Hall–Kier alpha value is -2.33. The first-order valence-corrected chi connectivity index (χ1v) is 11.2. The zero-order chi connectivity index (χ0) is 21.5. The van der Waals surface area contributed by atoms with Crippen molar-refractivity contribution in [3.05, 3.63) is 91.0 Å². The smallest absolute Gasteiger partial charge is 1.00 e. The Morgan fingerprint density at radius 3 is 1.97 bits per heavy atom. The van der Waals surface area contributed by atoms with E-state index in [1.54, 1.807) is 0 Å². The van der Waals surface area contributed by atoms with E-state index in [0.717, 1.165) is 34.6 Å². The molecule has 1 aromatic heterocycles. The molecular formula is C28H31N2NaO. The summed E-state index contributed by atoms with van der Waals surface area (Å²) in [7, 11) is 0. The van der Waals surface area contributed by atoms with Crippen LogP contribution in [0.2, 0.25) is 0 Å². The molecule has 4 rings (SSSR count). The van der Waals surface area contributed by atoms with Gasteiger partial charge < -0.3 is 6.16 Å². The fourth-order valence-electron chi connectivity index (χ4n) is 3.88. The monoisotopic (exact) mass is 434 g/mol. The van der Waals surface area contributed by atoms with Crippen LogP contribution in [0.1, 0.15) is 41.0 Å². The van der Waals surface area contributed by atoms with Crippen LogP contribution in [0.15, 0.2) is 91.0 Å². The van der Waals surface area contributed by atoms with Gasteiger partial charge in [0.15, 0.2) is 0 Å². The van der Waals surface area contributed by atoms with E-state index in [2.05, 4.69) is 91.2 Å². The number of aromatic nitrogens is 2. The van der Waals surface area contributed by atoms with Gasteiger partial charge in [-0.25, -0.2) is 0 Å². The molecule has 0 N–H and O–H groups in total. The second-order valence-electron chi connectivity index (χ2n) is 7.92. The molecule has 4 heteroatoms. The van der Waals surface area contributed by atoms with Crippen molar-refractivity contribution in [1.29, 1.82) is 0 Å². The van der Waals surface area contributed by atoms with E-state index < -0.39 is 0 Å². The second-order valence-corrected chi connectivity index (χ2v) is 7.92. The first-order chi connectivity index (χ1) is 15.3. The summed E-state index contributed by atoms with van der Waals surface area (Å²) < 4.78 is 8.62. The molecule has 3 aromatic carbocycles. The normalized spacial score (nSPS) is 11.6. The Kier molecular flexibility index (Phi) is 9.16. The van der Waals surface area contributed by atoms with Gasteiger partial charge in [0.2, 0.25) is 0 Å². The molecule has 3 nitrogen and oxygen atoms in total. The third-order valence-corrected chi connectivity index (χ3v) is 5.48. The molecule has 0 amide bonds. The largest absolute Gasteiger partial charge is 1.00 e. The van der Waals surface area contributed by atoms with Crippen LogP contribution < -0.4 is 34.3 Å². The number of ether oxygens (including phenoxy) is 1. The van der Waals surface area contributed by atoms with Crippen LogP contribution in [0.4, 0.5) is 0 Å². The van der Waals surface area contributed by atoms with Crippen LogP contribution in [-0.4, -0.2) is 15.7 Å². The van der Waals surface area contributed by atoms with E-state index >= 15 is 0 Å². The topological polar surface area (TPSA) is 27.1 Å². The third kappa shape index (κ3) is 5.72. The summed E-state index contributed by atoms with van der Waals surface area (Å²) in [6, 6.07) is 31.8. The van der Waals surface area contributed by atoms with Crippen molar-refractivity contribution in [3.8, 4) is 34.2 Å². The molecule has 0 bridgehead atoms. The van der Waals surface area contributed by atoms with Gasteiger partial charge in [-0.15, -0.1) is 0 Å². The van der Waals surface area contributed by atoms with Crippen LogP contribution in [0, 0.1) is 0 Å². The van der Waals surface area contributed by atoms with Crippen LogP contribution in [-0.2, 0) is 0 Å². The molecule has 0 fully saturated rings. The Labute approximate surface area is 215 Å². The first kappa shape index (κ1) is 24.3. The summed E-state index contributed by atoms with van der Waals surface area (Å²) in [6.45, 7) is 4.37.